The Balaban J connectivity index is 2.68. The van der Waals surface area contributed by atoms with E-state index in [1.54, 1.807) is 0 Å². The number of hydrogen-bond acceptors (Lipinski definition) is 4. The van der Waals surface area contributed by atoms with Gasteiger partial charge in [0.1, 0.15) is 11.0 Å². The highest BCUT2D eigenvalue weighted by molar-refractivity contribution is 9.10. The van der Waals surface area contributed by atoms with Crippen molar-refractivity contribution >= 4 is 27.5 Å². The van der Waals surface area contributed by atoms with E-state index in [0.29, 0.717) is 29.5 Å². The van der Waals surface area contributed by atoms with E-state index in [4.69, 9.17) is 12.2 Å². The van der Waals surface area contributed by atoms with E-state index in [-0.39, 0.29) is 18.0 Å². The van der Waals surface area contributed by atoms with Gasteiger partial charge in [-0.1, -0.05) is 5.92 Å². The van der Waals surface area contributed by atoms with E-state index in [0.717, 1.165) is 0 Å². The number of nitrogens with zero attached hydrogens (tertiary/aromatic N) is 2. The average molecular weight is 313 g/mol. The second kappa shape index (κ2) is 6.81. The fourth-order valence-electron chi connectivity index (χ4n) is 1.27. The number of nitrogens with two attached hydrogens (primary N) is 1. The standard InChI is InChI=1S/C11H13BrN4O2/c1-2-6-16-11(18)10(12)8(7-15-16)14-5-3-4-9(13)17/h1,7,14H,3-6H2,(H2,13,17). The van der Waals surface area contributed by atoms with Crippen LogP contribution in [0.4, 0.5) is 5.69 Å². The van der Waals surface area contributed by atoms with Crippen LogP contribution in [0, 0.1) is 12.3 Å². The molecule has 0 atom stereocenters. The molecule has 1 rings (SSSR count). The molecular weight excluding hydrogens is 300 g/mol. The molecule has 0 aliphatic rings. The maximum absolute atomic E-state index is 11.8. The largest absolute Gasteiger partial charge is 0.383 e. The van der Waals surface area contributed by atoms with Gasteiger partial charge in [0.05, 0.1) is 11.9 Å². The van der Waals surface area contributed by atoms with Crippen molar-refractivity contribution in [2.45, 2.75) is 19.4 Å². The number of anilines is 1. The molecule has 0 aliphatic heterocycles. The molecule has 3 N–H and O–H groups in total. The Hall–Kier alpha value is -1.81. The van der Waals surface area contributed by atoms with E-state index < -0.39 is 0 Å². The third kappa shape index (κ3) is 3.89. The van der Waals surface area contributed by atoms with Gasteiger partial charge in [0.2, 0.25) is 5.91 Å². The van der Waals surface area contributed by atoms with Crippen LogP contribution in [0.3, 0.4) is 0 Å². The molecule has 0 saturated carbocycles. The first-order chi connectivity index (χ1) is 8.56. The first-order valence-electron chi connectivity index (χ1n) is 5.27. The molecule has 1 aromatic heterocycles. The van der Waals surface area contributed by atoms with E-state index in [2.05, 4.69) is 32.3 Å². The third-order valence-electron chi connectivity index (χ3n) is 2.14. The molecule has 18 heavy (non-hydrogen) atoms. The predicted octanol–water partition coefficient (Wildman–Crippen LogP) is 0.316. The number of aromatic nitrogens is 2. The van der Waals surface area contributed by atoms with Gasteiger partial charge in [-0.25, -0.2) is 4.68 Å². The molecule has 0 saturated heterocycles. The van der Waals surface area contributed by atoms with Gasteiger partial charge < -0.3 is 11.1 Å². The molecule has 6 nitrogen and oxygen atoms in total. The molecule has 96 valence electrons. The number of rotatable bonds is 6. The Kier molecular flexibility index (Phi) is 5.39. The monoisotopic (exact) mass is 312 g/mol. The van der Waals surface area contributed by atoms with E-state index in [1.807, 2.05) is 0 Å². The minimum Gasteiger partial charge on any atom is -0.383 e. The Morgan fingerprint density at radius 3 is 3.00 bits per heavy atom. The number of carbonyl (C=O) groups is 1. The number of nitrogens with one attached hydrogen (secondary N) is 1. The molecule has 0 aromatic carbocycles. The Morgan fingerprint density at radius 2 is 2.39 bits per heavy atom. The summed E-state index contributed by atoms with van der Waals surface area (Å²) in [5.41, 5.74) is 5.29. The number of halogens is 1. The quantitative estimate of drug-likeness (QED) is 0.584. The first kappa shape index (κ1) is 14.3. The fourth-order valence-corrected chi connectivity index (χ4v) is 1.72. The molecule has 0 unspecified atom stereocenters. The number of primary amides is 1. The average Bonchev–Trinajstić information content (AvgIpc) is 2.33. The summed E-state index contributed by atoms with van der Waals surface area (Å²) in [7, 11) is 0. The number of carbonyl (C=O) groups excluding carboxylic acids is 1. The molecule has 1 heterocycles. The fraction of sp³-hybridized carbons (Fsp3) is 0.364. The van der Waals surface area contributed by atoms with Crippen molar-refractivity contribution in [3.63, 3.8) is 0 Å². The molecular formula is C11H13BrN4O2. The number of amides is 1. The minimum atomic E-state index is -0.349. The molecule has 0 spiro atoms. The van der Waals surface area contributed by atoms with Gasteiger partial charge in [-0.2, -0.15) is 5.10 Å². The van der Waals surface area contributed by atoms with Gasteiger partial charge in [-0.15, -0.1) is 6.42 Å². The van der Waals surface area contributed by atoms with Crippen LogP contribution in [0.5, 0.6) is 0 Å². The van der Waals surface area contributed by atoms with Crippen molar-refractivity contribution in [2.75, 3.05) is 11.9 Å². The molecule has 0 aliphatic carbocycles. The predicted molar refractivity (Wildman–Crippen MR) is 71.9 cm³/mol. The highest BCUT2D eigenvalue weighted by Crippen LogP contribution is 2.15. The zero-order valence-electron chi connectivity index (χ0n) is 9.65. The van der Waals surface area contributed by atoms with Crippen molar-refractivity contribution < 1.29 is 4.79 Å². The summed E-state index contributed by atoms with van der Waals surface area (Å²) in [5, 5.41) is 6.92. The summed E-state index contributed by atoms with van der Waals surface area (Å²) in [5.74, 6) is 2.00. The molecule has 0 radical (unpaired) electrons. The zero-order valence-corrected chi connectivity index (χ0v) is 11.2. The minimum absolute atomic E-state index is 0.124. The van der Waals surface area contributed by atoms with Gasteiger partial charge >= 0.3 is 0 Å². The van der Waals surface area contributed by atoms with Gasteiger partial charge in [0.25, 0.3) is 5.56 Å². The van der Waals surface area contributed by atoms with Crippen LogP contribution >= 0.6 is 15.9 Å². The van der Waals surface area contributed by atoms with E-state index in [9.17, 15) is 9.59 Å². The Morgan fingerprint density at radius 1 is 1.67 bits per heavy atom. The number of hydrogen-bond donors (Lipinski definition) is 2. The highest BCUT2D eigenvalue weighted by Gasteiger charge is 2.07. The van der Waals surface area contributed by atoms with E-state index in [1.165, 1.54) is 10.9 Å². The van der Waals surface area contributed by atoms with Gasteiger partial charge in [0.15, 0.2) is 0 Å². The van der Waals surface area contributed by atoms with Crippen LogP contribution < -0.4 is 16.6 Å². The summed E-state index contributed by atoms with van der Waals surface area (Å²) in [6.45, 7) is 0.654. The normalized spacial score (nSPS) is 9.78. The molecule has 7 heteroatoms. The Labute approximate surface area is 113 Å². The lowest BCUT2D eigenvalue weighted by Crippen LogP contribution is -2.24. The molecule has 1 aromatic rings. The second-order valence-corrected chi connectivity index (χ2v) is 4.33. The van der Waals surface area contributed by atoms with Crippen LogP contribution in [0.2, 0.25) is 0 Å². The van der Waals surface area contributed by atoms with E-state index >= 15 is 0 Å². The maximum atomic E-state index is 11.8. The smallest absolute Gasteiger partial charge is 0.284 e. The van der Waals surface area contributed by atoms with Crippen LogP contribution in [-0.2, 0) is 11.3 Å². The van der Waals surface area contributed by atoms with Crippen molar-refractivity contribution in [2.24, 2.45) is 5.73 Å². The summed E-state index contributed by atoms with van der Waals surface area (Å²) in [4.78, 5) is 22.3. The number of terminal acetylenes is 1. The molecule has 0 bridgehead atoms. The maximum Gasteiger partial charge on any atom is 0.284 e. The molecule has 0 fully saturated rings. The van der Waals surface area contributed by atoms with Crippen molar-refractivity contribution in [3.05, 3.63) is 21.0 Å². The Bertz CT molecular complexity index is 533. The highest BCUT2D eigenvalue weighted by atomic mass is 79.9. The first-order valence-corrected chi connectivity index (χ1v) is 6.06. The topological polar surface area (TPSA) is 90.0 Å². The lowest BCUT2D eigenvalue weighted by atomic mass is 10.3. The van der Waals surface area contributed by atoms with Crippen LogP contribution in [0.1, 0.15) is 12.8 Å². The summed E-state index contributed by atoms with van der Waals surface area (Å²) >= 11 is 3.19. The summed E-state index contributed by atoms with van der Waals surface area (Å²) in [6, 6.07) is 0. The zero-order chi connectivity index (χ0) is 13.5. The second-order valence-electron chi connectivity index (χ2n) is 3.54. The van der Waals surface area contributed by atoms with Gasteiger partial charge in [-0.05, 0) is 22.4 Å². The van der Waals surface area contributed by atoms with Crippen molar-refractivity contribution in [3.8, 4) is 12.3 Å². The lowest BCUT2D eigenvalue weighted by Gasteiger charge is -2.08. The lowest BCUT2D eigenvalue weighted by molar-refractivity contribution is -0.118. The summed E-state index contributed by atoms with van der Waals surface area (Å²) in [6.07, 6.45) is 7.52. The SMILES string of the molecule is C#CCn1ncc(NCCCC(N)=O)c(Br)c1=O. The molecule has 1 amide bonds. The van der Waals surface area contributed by atoms with Crippen molar-refractivity contribution in [1.82, 2.24) is 9.78 Å². The van der Waals surface area contributed by atoms with Crippen molar-refractivity contribution in [1.29, 1.82) is 0 Å². The third-order valence-corrected chi connectivity index (χ3v) is 2.91. The van der Waals surface area contributed by atoms with Crippen LogP contribution in [0.15, 0.2) is 15.5 Å². The summed E-state index contributed by atoms with van der Waals surface area (Å²) < 4.78 is 1.55. The van der Waals surface area contributed by atoms with Gasteiger partial charge in [-0.3, -0.25) is 9.59 Å². The van der Waals surface area contributed by atoms with Gasteiger partial charge in [0, 0.05) is 13.0 Å². The van der Waals surface area contributed by atoms with Crippen LogP contribution in [0.25, 0.3) is 0 Å². The van der Waals surface area contributed by atoms with Crippen LogP contribution in [-0.4, -0.2) is 22.2 Å².